The molecule has 16 heavy (non-hydrogen) atoms. The molecule has 0 amide bonds. The van der Waals surface area contributed by atoms with Crippen LogP contribution < -0.4 is 0 Å². The van der Waals surface area contributed by atoms with Crippen LogP contribution in [0.25, 0.3) is 0 Å². The van der Waals surface area contributed by atoms with Gasteiger partial charge in [0.2, 0.25) is 0 Å². The molecule has 1 aliphatic rings. The number of carboxylic acids is 1. The van der Waals surface area contributed by atoms with Crippen molar-refractivity contribution in [2.75, 3.05) is 0 Å². The van der Waals surface area contributed by atoms with Gasteiger partial charge in [0.1, 0.15) is 11.3 Å². The molecule has 2 N–H and O–H groups in total. The smallest absolute Gasteiger partial charge is 0.339 e. The van der Waals surface area contributed by atoms with Crippen LogP contribution in [0.15, 0.2) is 4.47 Å². The zero-order valence-corrected chi connectivity index (χ0v) is 10.6. The van der Waals surface area contributed by atoms with Crippen LogP contribution in [-0.2, 0) is 12.8 Å². The number of aromatic hydroxyl groups is 1. The van der Waals surface area contributed by atoms with Crippen molar-refractivity contribution in [3.8, 4) is 5.75 Å². The summed E-state index contributed by atoms with van der Waals surface area (Å²) in [5, 5.41) is 19.0. The fourth-order valence-electron chi connectivity index (χ4n) is 2.39. The largest absolute Gasteiger partial charge is 0.506 e. The number of carbonyl (C=O) groups is 1. The van der Waals surface area contributed by atoms with Crippen molar-refractivity contribution in [2.45, 2.75) is 32.6 Å². The standard InChI is InChI=1S/C12H13BrO3/c1-6-7-4-2-3-5-8(7)9(12(15)16)11(14)10(6)13/h14H,2-5H2,1H3,(H,15,16). The van der Waals surface area contributed by atoms with E-state index in [0.29, 0.717) is 4.47 Å². The number of benzene rings is 1. The summed E-state index contributed by atoms with van der Waals surface area (Å²) in [6.45, 7) is 1.92. The Labute approximate surface area is 102 Å². The Morgan fingerprint density at radius 1 is 1.25 bits per heavy atom. The minimum atomic E-state index is -1.05. The summed E-state index contributed by atoms with van der Waals surface area (Å²) in [5.74, 6) is -1.18. The quantitative estimate of drug-likeness (QED) is 0.833. The lowest BCUT2D eigenvalue weighted by Crippen LogP contribution is -2.13. The number of phenols is 1. The monoisotopic (exact) mass is 284 g/mol. The zero-order chi connectivity index (χ0) is 11.9. The summed E-state index contributed by atoms with van der Waals surface area (Å²) in [5.41, 5.74) is 2.95. The Balaban J connectivity index is 2.78. The third kappa shape index (κ3) is 1.61. The highest BCUT2D eigenvalue weighted by atomic mass is 79.9. The highest BCUT2D eigenvalue weighted by molar-refractivity contribution is 9.10. The fourth-order valence-corrected chi connectivity index (χ4v) is 2.83. The van der Waals surface area contributed by atoms with Gasteiger partial charge in [-0.3, -0.25) is 0 Å². The lowest BCUT2D eigenvalue weighted by Gasteiger charge is -2.22. The van der Waals surface area contributed by atoms with Gasteiger partial charge in [0.15, 0.2) is 0 Å². The van der Waals surface area contributed by atoms with Crippen molar-refractivity contribution in [3.63, 3.8) is 0 Å². The maximum Gasteiger partial charge on any atom is 0.339 e. The Bertz CT molecular complexity index is 466. The van der Waals surface area contributed by atoms with E-state index in [1.54, 1.807) is 0 Å². The SMILES string of the molecule is Cc1c(Br)c(O)c(C(=O)O)c2c1CCCC2. The summed E-state index contributed by atoms with van der Waals surface area (Å²) < 4.78 is 0.519. The van der Waals surface area contributed by atoms with Gasteiger partial charge in [-0.2, -0.15) is 0 Å². The van der Waals surface area contributed by atoms with E-state index in [1.807, 2.05) is 6.92 Å². The topological polar surface area (TPSA) is 57.5 Å². The van der Waals surface area contributed by atoms with Crippen molar-refractivity contribution in [1.29, 1.82) is 0 Å². The predicted octanol–water partition coefficient (Wildman–Crippen LogP) is 3.04. The zero-order valence-electron chi connectivity index (χ0n) is 9.01. The summed E-state index contributed by atoms with van der Waals surface area (Å²) >= 11 is 3.26. The molecule has 0 saturated carbocycles. The number of halogens is 1. The Hall–Kier alpha value is -1.03. The van der Waals surface area contributed by atoms with Crippen LogP contribution >= 0.6 is 15.9 Å². The molecule has 86 valence electrons. The number of fused-ring (bicyclic) bond motifs is 1. The molecule has 0 radical (unpaired) electrons. The minimum absolute atomic E-state index is 0.0761. The number of aromatic carboxylic acids is 1. The molecule has 0 saturated heterocycles. The second-order valence-corrected chi connectivity index (χ2v) is 4.92. The van der Waals surface area contributed by atoms with E-state index in [4.69, 9.17) is 5.11 Å². The molecular weight excluding hydrogens is 272 g/mol. The van der Waals surface area contributed by atoms with E-state index in [9.17, 15) is 9.90 Å². The number of carboxylic acid groups (broad SMARTS) is 1. The molecule has 0 aliphatic heterocycles. The van der Waals surface area contributed by atoms with Crippen molar-refractivity contribution >= 4 is 21.9 Å². The van der Waals surface area contributed by atoms with Crippen LogP contribution in [0.3, 0.4) is 0 Å². The van der Waals surface area contributed by atoms with Crippen molar-refractivity contribution < 1.29 is 15.0 Å². The predicted molar refractivity (Wildman–Crippen MR) is 64.1 cm³/mol. The lowest BCUT2D eigenvalue weighted by molar-refractivity contribution is 0.0692. The molecule has 1 aliphatic carbocycles. The first-order valence-electron chi connectivity index (χ1n) is 5.30. The van der Waals surface area contributed by atoms with E-state index in [0.717, 1.165) is 42.4 Å². The molecule has 2 rings (SSSR count). The Kier molecular flexibility index (Phi) is 2.93. The minimum Gasteiger partial charge on any atom is -0.506 e. The highest BCUT2D eigenvalue weighted by Gasteiger charge is 2.25. The third-order valence-electron chi connectivity index (χ3n) is 3.21. The summed E-state index contributed by atoms with van der Waals surface area (Å²) in [6, 6.07) is 0. The Morgan fingerprint density at radius 2 is 1.81 bits per heavy atom. The van der Waals surface area contributed by atoms with Crippen LogP contribution in [0.4, 0.5) is 0 Å². The molecule has 0 bridgehead atoms. The molecule has 0 fully saturated rings. The van der Waals surface area contributed by atoms with Crippen molar-refractivity contribution in [1.82, 2.24) is 0 Å². The molecule has 0 aromatic heterocycles. The van der Waals surface area contributed by atoms with Gasteiger partial charge in [-0.05, 0) is 65.2 Å². The third-order valence-corrected chi connectivity index (χ3v) is 4.18. The van der Waals surface area contributed by atoms with E-state index >= 15 is 0 Å². The van der Waals surface area contributed by atoms with Crippen molar-refractivity contribution in [2.24, 2.45) is 0 Å². The van der Waals surface area contributed by atoms with Gasteiger partial charge in [0.25, 0.3) is 0 Å². The van der Waals surface area contributed by atoms with Gasteiger partial charge in [0.05, 0.1) is 4.47 Å². The Morgan fingerprint density at radius 3 is 2.38 bits per heavy atom. The summed E-state index contributed by atoms with van der Waals surface area (Å²) in [6.07, 6.45) is 3.73. The maximum absolute atomic E-state index is 11.2. The number of hydrogen-bond donors (Lipinski definition) is 2. The van der Waals surface area contributed by atoms with Crippen LogP contribution in [0.1, 0.15) is 39.9 Å². The van der Waals surface area contributed by atoms with Gasteiger partial charge >= 0.3 is 5.97 Å². The number of hydrogen-bond acceptors (Lipinski definition) is 2. The number of rotatable bonds is 1. The van der Waals surface area contributed by atoms with E-state index in [-0.39, 0.29) is 11.3 Å². The highest BCUT2D eigenvalue weighted by Crippen LogP contribution is 2.39. The van der Waals surface area contributed by atoms with Crippen LogP contribution in [0.5, 0.6) is 5.75 Å². The van der Waals surface area contributed by atoms with Gasteiger partial charge in [-0.1, -0.05) is 0 Å². The average Bonchev–Trinajstić information content (AvgIpc) is 2.26. The molecular formula is C12H13BrO3. The van der Waals surface area contributed by atoms with Gasteiger partial charge < -0.3 is 10.2 Å². The van der Waals surface area contributed by atoms with Crippen LogP contribution in [0.2, 0.25) is 0 Å². The van der Waals surface area contributed by atoms with E-state index < -0.39 is 5.97 Å². The van der Waals surface area contributed by atoms with E-state index in [2.05, 4.69) is 15.9 Å². The summed E-state index contributed by atoms with van der Waals surface area (Å²) in [4.78, 5) is 11.2. The molecule has 0 unspecified atom stereocenters. The van der Waals surface area contributed by atoms with Gasteiger partial charge in [-0.15, -0.1) is 0 Å². The summed E-state index contributed by atoms with van der Waals surface area (Å²) in [7, 11) is 0. The molecule has 1 aromatic rings. The molecule has 1 aromatic carbocycles. The fraction of sp³-hybridized carbons (Fsp3) is 0.417. The van der Waals surface area contributed by atoms with Crippen LogP contribution in [-0.4, -0.2) is 16.2 Å². The van der Waals surface area contributed by atoms with E-state index in [1.165, 1.54) is 0 Å². The van der Waals surface area contributed by atoms with Gasteiger partial charge in [-0.25, -0.2) is 4.79 Å². The molecule has 3 nitrogen and oxygen atoms in total. The van der Waals surface area contributed by atoms with Crippen molar-refractivity contribution in [3.05, 3.63) is 26.7 Å². The normalized spacial score (nSPS) is 14.6. The average molecular weight is 285 g/mol. The second kappa shape index (κ2) is 4.09. The lowest BCUT2D eigenvalue weighted by atomic mass is 9.85. The first-order chi connectivity index (χ1) is 7.54. The molecule has 0 spiro atoms. The second-order valence-electron chi connectivity index (χ2n) is 4.13. The maximum atomic E-state index is 11.2. The molecule has 0 atom stereocenters. The van der Waals surface area contributed by atoms with Gasteiger partial charge in [0, 0.05) is 0 Å². The first-order valence-corrected chi connectivity index (χ1v) is 6.09. The van der Waals surface area contributed by atoms with Crippen LogP contribution in [0, 0.1) is 6.92 Å². The molecule has 0 heterocycles. The molecule has 4 heteroatoms. The first kappa shape index (κ1) is 11.5.